The predicted molar refractivity (Wildman–Crippen MR) is 79.4 cm³/mol. The van der Waals surface area contributed by atoms with E-state index < -0.39 is 0 Å². The van der Waals surface area contributed by atoms with E-state index in [2.05, 4.69) is 27.7 Å². The van der Waals surface area contributed by atoms with Crippen molar-refractivity contribution < 1.29 is 34.0 Å². The van der Waals surface area contributed by atoms with Crippen LogP contribution in [0.2, 0.25) is 0 Å². The Morgan fingerprint density at radius 1 is 0.526 bits per heavy atom. The molecule has 3 heteroatoms. The fourth-order valence-electron chi connectivity index (χ4n) is 2.64. The Kier molecular flexibility index (Phi) is 21.9. The van der Waals surface area contributed by atoms with E-state index in [9.17, 15) is 0 Å². The van der Waals surface area contributed by atoms with Crippen molar-refractivity contribution in [3.05, 3.63) is 0 Å². The van der Waals surface area contributed by atoms with Crippen LogP contribution in [0.4, 0.5) is 0 Å². The standard InChI is InChI=1S/C16H36N.ClH.Fe/c1-5-9-13-17(14-10-6-2,15-11-7-3)16-12-8-4;;/h5-16H2,1-4H3;1H;/q+1;;/p-1. The summed E-state index contributed by atoms with van der Waals surface area (Å²) >= 11 is 0. The van der Waals surface area contributed by atoms with E-state index in [0.29, 0.717) is 0 Å². The maximum absolute atomic E-state index is 2.33. The maximum atomic E-state index is 2.33. The molecule has 0 atom stereocenters. The molecular weight excluding hydrogens is 297 g/mol. The van der Waals surface area contributed by atoms with Gasteiger partial charge in [0.05, 0.1) is 26.2 Å². The third-order valence-electron chi connectivity index (χ3n) is 3.94. The summed E-state index contributed by atoms with van der Waals surface area (Å²) in [6, 6.07) is 0. The van der Waals surface area contributed by atoms with Crippen LogP contribution >= 0.6 is 0 Å². The molecule has 0 aliphatic heterocycles. The minimum Gasteiger partial charge on any atom is -1.00 e. The van der Waals surface area contributed by atoms with Crippen LogP contribution < -0.4 is 12.4 Å². The van der Waals surface area contributed by atoms with Gasteiger partial charge in [0.25, 0.3) is 0 Å². The molecule has 1 nitrogen and oxygen atoms in total. The third kappa shape index (κ3) is 12.2. The van der Waals surface area contributed by atoms with Crippen LogP contribution in [-0.4, -0.2) is 30.7 Å². The molecule has 0 spiro atoms. The first kappa shape index (κ1) is 24.8. The zero-order chi connectivity index (χ0) is 13.0. The van der Waals surface area contributed by atoms with Crippen molar-refractivity contribution in [1.82, 2.24) is 0 Å². The predicted octanol–water partition coefficient (Wildman–Crippen LogP) is 2.01. The number of nitrogens with zero attached hydrogens (tertiary/aromatic N) is 1. The largest absolute Gasteiger partial charge is 1.00 e. The summed E-state index contributed by atoms with van der Waals surface area (Å²) in [5.41, 5.74) is 0. The molecule has 0 saturated heterocycles. The minimum absolute atomic E-state index is 0. The number of halogens is 1. The maximum Gasteiger partial charge on any atom is 0.0786 e. The van der Waals surface area contributed by atoms with Gasteiger partial charge in [0.2, 0.25) is 0 Å². The average Bonchev–Trinajstić information content (AvgIpc) is 2.37. The Morgan fingerprint density at radius 2 is 0.737 bits per heavy atom. The molecule has 0 fully saturated rings. The fourth-order valence-corrected chi connectivity index (χ4v) is 2.64. The van der Waals surface area contributed by atoms with Crippen molar-refractivity contribution in [2.75, 3.05) is 26.2 Å². The Morgan fingerprint density at radius 3 is 0.895 bits per heavy atom. The Hall–Kier alpha value is 0.769. The first-order chi connectivity index (χ1) is 8.24. The van der Waals surface area contributed by atoms with Gasteiger partial charge in [-0.05, 0) is 25.7 Å². The molecule has 0 aliphatic rings. The summed E-state index contributed by atoms with van der Waals surface area (Å²) in [6.07, 6.45) is 11.1. The van der Waals surface area contributed by atoms with Gasteiger partial charge < -0.3 is 16.9 Å². The summed E-state index contributed by atoms with van der Waals surface area (Å²) in [7, 11) is 0. The minimum atomic E-state index is 0. The Bertz CT molecular complexity index is 127. The molecule has 0 aromatic carbocycles. The van der Waals surface area contributed by atoms with Crippen LogP contribution in [0.1, 0.15) is 79.1 Å². The van der Waals surface area contributed by atoms with Crippen LogP contribution in [0.3, 0.4) is 0 Å². The third-order valence-corrected chi connectivity index (χ3v) is 3.94. The molecule has 0 aromatic rings. The number of quaternary nitrogens is 1. The van der Waals surface area contributed by atoms with E-state index in [1.807, 2.05) is 0 Å². The first-order valence-electron chi connectivity index (χ1n) is 8.09. The molecule has 0 N–H and O–H groups in total. The quantitative estimate of drug-likeness (QED) is 0.378. The van der Waals surface area contributed by atoms with Crippen molar-refractivity contribution in [3.8, 4) is 0 Å². The van der Waals surface area contributed by atoms with Gasteiger partial charge in [-0.15, -0.1) is 0 Å². The Balaban J connectivity index is -0.00000128. The van der Waals surface area contributed by atoms with Crippen LogP contribution in [0, 0.1) is 0 Å². The number of hydrogen-bond donors (Lipinski definition) is 0. The van der Waals surface area contributed by atoms with E-state index >= 15 is 0 Å². The molecule has 0 amide bonds. The zero-order valence-corrected chi connectivity index (χ0v) is 15.5. The average molecular weight is 334 g/mol. The van der Waals surface area contributed by atoms with Crippen molar-refractivity contribution in [2.45, 2.75) is 79.1 Å². The molecular formula is C16H36ClFeN. The molecule has 0 bridgehead atoms. The first-order valence-corrected chi connectivity index (χ1v) is 8.09. The Labute approximate surface area is 139 Å². The molecule has 0 rings (SSSR count). The second kappa shape index (κ2) is 16.8. The smallest absolute Gasteiger partial charge is 0.0786 e. The van der Waals surface area contributed by atoms with Crippen LogP contribution in [0.5, 0.6) is 0 Å². The number of unbranched alkanes of at least 4 members (excludes halogenated alkanes) is 4. The van der Waals surface area contributed by atoms with E-state index in [1.54, 1.807) is 0 Å². The molecule has 0 unspecified atom stereocenters. The van der Waals surface area contributed by atoms with Crippen LogP contribution in [0.15, 0.2) is 0 Å². The summed E-state index contributed by atoms with van der Waals surface area (Å²) in [5.74, 6) is 0. The second-order valence-corrected chi connectivity index (χ2v) is 5.65. The van der Waals surface area contributed by atoms with E-state index in [0.717, 1.165) is 0 Å². The van der Waals surface area contributed by atoms with Gasteiger partial charge in [-0.25, -0.2) is 0 Å². The van der Waals surface area contributed by atoms with Gasteiger partial charge >= 0.3 is 0 Å². The van der Waals surface area contributed by atoms with E-state index in [-0.39, 0.29) is 29.5 Å². The molecule has 0 aliphatic carbocycles. The summed E-state index contributed by atoms with van der Waals surface area (Å²) < 4.78 is 1.42. The summed E-state index contributed by atoms with van der Waals surface area (Å²) in [4.78, 5) is 0. The molecule has 0 radical (unpaired) electrons. The van der Waals surface area contributed by atoms with Crippen LogP contribution in [0.25, 0.3) is 0 Å². The van der Waals surface area contributed by atoms with E-state index in [1.165, 1.54) is 82.0 Å². The van der Waals surface area contributed by atoms with Gasteiger partial charge in [-0.1, -0.05) is 53.4 Å². The van der Waals surface area contributed by atoms with E-state index in [4.69, 9.17) is 0 Å². The monoisotopic (exact) mass is 333 g/mol. The van der Waals surface area contributed by atoms with Gasteiger partial charge in [0, 0.05) is 17.1 Å². The normalized spacial score (nSPS) is 10.7. The number of rotatable bonds is 12. The summed E-state index contributed by atoms with van der Waals surface area (Å²) in [5, 5.41) is 0. The zero-order valence-electron chi connectivity index (χ0n) is 13.7. The van der Waals surface area contributed by atoms with Gasteiger partial charge in [-0.3, -0.25) is 0 Å². The molecule has 0 saturated carbocycles. The molecule has 0 aromatic heterocycles. The van der Waals surface area contributed by atoms with Gasteiger partial charge in [-0.2, -0.15) is 0 Å². The topological polar surface area (TPSA) is 0 Å². The van der Waals surface area contributed by atoms with Crippen molar-refractivity contribution in [1.29, 1.82) is 0 Å². The van der Waals surface area contributed by atoms with Gasteiger partial charge in [0.15, 0.2) is 0 Å². The summed E-state index contributed by atoms with van der Waals surface area (Å²) in [6.45, 7) is 15.0. The second-order valence-electron chi connectivity index (χ2n) is 5.65. The number of hydrogen-bond acceptors (Lipinski definition) is 0. The van der Waals surface area contributed by atoms with Crippen molar-refractivity contribution in [2.24, 2.45) is 0 Å². The van der Waals surface area contributed by atoms with Crippen molar-refractivity contribution in [3.63, 3.8) is 0 Å². The van der Waals surface area contributed by atoms with Crippen LogP contribution in [-0.2, 0) is 17.1 Å². The SMILES string of the molecule is CCCC[N+](CCCC)(CCCC)CCCC.[Cl-].[Fe]. The van der Waals surface area contributed by atoms with Crippen molar-refractivity contribution >= 4 is 0 Å². The fraction of sp³-hybridized carbons (Fsp3) is 1.00. The molecule has 19 heavy (non-hydrogen) atoms. The molecule has 0 heterocycles. The molecule has 120 valence electrons. The van der Waals surface area contributed by atoms with Gasteiger partial charge in [0.1, 0.15) is 0 Å².